The van der Waals surface area contributed by atoms with Gasteiger partial charge in [-0.15, -0.1) is 0 Å². The molecule has 3 heteroatoms. The van der Waals surface area contributed by atoms with Crippen molar-refractivity contribution in [3.8, 4) is 0 Å². The molecule has 0 bridgehead atoms. The maximum absolute atomic E-state index is 11.7. The molecule has 0 saturated heterocycles. The topological polar surface area (TPSA) is 32.3 Å². The third kappa shape index (κ3) is 4.97. The number of carbonyl (C=O) groups excluding carboxylic acids is 1. The molecule has 2 atom stereocenters. The Kier molecular flexibility index (Phi) is 6.38. The molecule has 3 nitrogen and oxygen atoms in total. The summed E-state index contributed by atoms with van der Waals surface area (Å²) in [6.07, 6.45) is 6.61. The lowest BCUT2D eigenvalue weighted by atomic mass is 9.81. The van der Waals surface area contributed by atoms with Crippen molar-refractivity contribution in [2.45, 2.75) is 52.9 Å². The molecular formula is C14H28N2O. The van der Waals surface area contributed by atoms with E-state index in [1.165, 1.54) is 25.7 Å². The van der Waals surface area contributed by atoms with Gasteiger partial charge in [0.15, 0.2) is 0 Å². The predicted octanol–water partition coefficient (Wildman–Crippen LogP) is 3.25. The highest BCUT2D eigenvalue weighted by Gasteiger charge is 2.18. The number of rotatable bonds is 5. The summed E-state index contributed by atoms with van der Waals surface area (Å²) in [6.45, 7) is 8.82. The minimum atomic E-state index is 0.0962. The molecule has 0 aromatic heterocycles. The molecule has 100 valence electrons. The van der Waals surface area contributed by atoms with Gasteiger partial charge in [-0.3, -0.25) is 0 Å². The normalized spacial score (nSPS) is 24.4. The second kappa shape index (κ2) is 7.57. The average molecular weight is 240 g/mol. The van der Waals surface area contributed by atoms with E-state index in [0.717, 1.165) is 37.9 Å². The largest absolute Gasteiger partial charge is 0.338 e. The zero-order valence-electron chi connectivity index (χ0n) is 11.7. The van der Waals surface area contributed by atoms with Crippen LogP contribution in [0.15, 0.2) is 0 Å². The third-order valence-electron chi connectivity index (χ3n) is 3.92. The summed E-state index contributed by atoms with van der Waals surface area (Å²) in [7, 11) is 0. The maximum Gasteiger partial charge on any atom is 0.317 e. The highest BCUT2D eigenvalue weighted by atomic mass is 16.2. The zero-order chi connectivity index (χ0) is 12.7. The van der Waals surface area contributed by atoms with Crippen molar-refractivity contribution >= 4 is 6.03 Å². The lowest BCUT2D eigenvalue weighted by Crippen LogP contribution is -2.40. The molecule has 1 aliphatic rings. The van der Waals surface area contributed by atoms with Crippen LogP contribution in [0.2, 0.25) is 0 Å². The van der Waals surface area contributed by atoms with E-state index in [-0.39, 0.29) is 6.03 Å². The first-order valence-electron chi connectivity index (χ1n) is 7.20. The molecule has 2 unspecified atom stereocenters. The Morgan fingerprint density at radius 3 is 2.59 bits per heavy atom. The number of hydrogen-bond donors (Lipinski definition) is 1. The summed E-state index contributed by atoms with van der Waals surface area (Å²) >= 11 is 0. The van der Waals surface area contributed by atoms with Gasteiger partial charge in [0.05, 0.1) is 0 Å². The van der Waals surface area contributed by atoms with Gasteiger partial charge in [0, 0.05) is 19.6 Å². The van der Waals surface area contributed by atoms with E-state index >= 15 is 0 Å². The second-order valence-corrected chi connectivity index (χ2v) is 5.33. The van der Waals surface area contributed by atoms with Gasteiger partial charge >= 0.3 is 6.03 Å². The Hall–Kier alpha value is -0.730. The summed E-state index contributed by atoms with van der Waals surface area (Å²) < 4.78 is 0. The molecular weight excluding hydrogens is 212 g/mol. The summed E-state index contributed by atoms with van der Waals surface area (Å²) in [5.41, 5.74) is 0. The molecule has 0 radical (unpaired) electrons. The van der Waals surface area contributed by atoms with Crippen molar-refractivity contribution in [3.63, 3.8) is 0 Å². The van der Waals surface area contributed by atoms with Crippen LogP contribution in [0.3, 0.4) is 0 Å². The standard InChI is InChI=1S/C14H28N2O/c1-4-16(5-2)14(17)15-10-9-13-8-6-7-12(3)11-13/h12-13H,4-11H2,1-3H3,(H,15,17). The summed E-state index contributed by atoms with van der Waals surface area (Å²) in [4.78, 5) is 13.6. The molecule has 17 heavy (non-hydrogen) atoms. The molecule has 1 N–H and O–H groups in total. The summed E-state index contributed by atoms with van der Waals surface area (Å²) in [6, 6.07) is 0.0962. The SMILES string of the molecule is CCN(CC)C(=O)NCCC1CCCC(C)C1. The summed E-state index contributed by atoms with van der Waals surface area (Å²) in [5, 5.41) is 3.03. The predicted molar refractivity (Wildman–Crippen MR) is 72.1 cm³/mol. The fourth-order valence-corrected chi connectivity index (χ4v) is 2.83. The van der Waals surface area contributed by atoms with E-state index < -0.39 is 0 Å². The van der Waals surface area contributed by atoms with Crippen molar-refractivity contribution in [2.75, 3.05) is 19.6 Å². The van der Waals surface area contributed by atoms with Gasteiger partial charge < -0.3 is 10.2 Å². The van der Waals surface area contributed by atoms with Crippen LogP contribution in [0.5, 0.6) is 0 Å². The minimum absolute atomic E-state index is 0.0962. The Labute approximate surface area is 106 Å². The van der Waals surface area contributed by atoms with E-state index in [0.29, 0.717) is 0 Å². The van der Waals surface area contributed by atoms with E-state index in [4.69, 9.17) is 0 Å². The van der Waals surface area contributed by atoms with Crippen LogP contribution < -0.4 is 5.32 Å². The highest BCUT2D eigenvalue weighted by Crippen LogP contribution is 2.30. The molecule has 0 aromatic carbocycles. The molecule has 0 aromatic rings. The second-order valence-electron chi connectivity index (χ2n) is 5.33. The van der Waals surface area contributed by atoms with Crippen LogP contribution in [-0.4, -0.2) is 30.6 Å². The number of nitrogens with zero attached hydrogens (tertiary/aromatic N) is 1. The van der Waals surface area contributed by atoms with Crippen molar-refractivity contribution in [1.82, 2.24) is 10.2 Å². The van der Waals surface area contributed by atoms with Crippen molar-refractivity contribution < 1.29 is 4.79 Å². The van der Waals surface area contributed by atoms with Crippen LogP contribution in [0, 0.1) is 11.8 Å². The van der Waals surface area contributed by atoms with Crippen LogP contribution in [0.25, 0.3) is 0 Å². The average Bonchev–Trinajstić information content (AvgIpc) is 2.30. The van der Waals surface area contributed by atoms with Crippen molar-refractivity contribution in [2.24, 2.45) is 11.8 Å². The van der Waals surface area contributed by atoms with E-state index in [1.54, 1.807) is 0 Å². The van der Waals surface area contributed by atoms with Crippen LogP contribution >= 0.6 is 0 Å². The van der Waals surface area contributed by atoms with E-state index in [9.17, 15) is 4.79 Å². The molecule has 2 amide bonds. The highest BCUT2D eigenvalue weighted by molar-refractivity contribution is 5.73. The molecule has 1 rings (SSSR count). The summed E-state index contributed by atoms with van der Waals surface area (Å²) in [5.74, 6) is 1.71. The fraction of sp³-hybridized carbons (Fsp3) is 0.929. The number of hydrogen-bond acceptors (Lipinski definition) is 1. The zero-order valence-corrected chi connectivity index (χ0v) is 11.7. The van der Waals surface area contributed by atoms with Gasteiger partial charge in [-0.1, -0.05) is 26.2 Å². The molecule has 1 fully saturated rings. The van der Waals surface area contributed by atoms with Gasteiger partial charge in [0.25, 0.3) is 0 Å². The Balaban J connectivity index is 2.16. The minimum Gasteiger partial charge on any atom is -0.338 e. The number of carbonyl (C=O) groups is 1. The molecule has 1 aliphatic carbocycles. The van der Waals surface area contributed by atoms with Crippen LogP contribution in [-0.2, 0) is 0 Å². The van der Waals surface area contributed by atoms with Gasteiger partial charge in [-0.2, -0.15) is 0 Å². The molecule has 0 aliphatic heterocycles. The van der Waals surface area contributed by atoms with E-state index in [1.807, 2.05) is 18.7 Å². The third-order valence-corrected chi connectivity index (χ3v) is 3.92. The van der Waals surface area contributed by atoms with Crippen LogP contribution in [0.4, 0.5) is 4.79 Å². The smallest absolute Gasteiger partial charge is 0.317 e. The Morgan fingerprint density at radius 1 is 1.29 bits per heavy atom. The number of urea groups is 1. The quantitative estimate of drug-likeness (QED) is 0.786. The van der Waals surface area contributed by atoms with Gasteiger partial charge in [0.2, 0.25) is 0 Å². The Morgan fingerprint density at radius 2 is 2.00 bits per heavy atom. The van der Waals surface area contributed by atoms with Crippen LogP contribution in [0.1, 0.15) is 52.9 Å². The van der Waals surface area contributed by atoms with E-state index in [2.05, 4.69) is 12.2 Å². The lowest BCUT2D eigenvalue weighted by molar-refractivity contribution is 0.200. The fourth-order valence-electron chi connectivity index (χ4n) is 2.83. The lowest BCUT2D eigenvalue weighted by Gasteiger charge is -2.27. The van der Waals surface area contributed by atoms with Gasteiger partial charge in [-0.05, 0) is 38.5 Å². The van der Waals surface area contributed by atoms with Gasteiger partial charge in [-0.25, -0.2) is 4.79 Å². The van der Waals surface area contributed by atoms with Crippen molar-refractivity contribution in [3.05, 3.63) is 0 Å². The molecule has 1 saturated carbocycles. The maximum atomic E-state index is 11.7. The first-order valence-corrected chi connectivity index (χ1v) is 7.20. The first-order chi connectivity index (χ1) is 8.17. The first kappa shape index (κ1) is 14.3. The Bertz CT molecular complexity index is 226. The monoisotopic (exact) mass is 240 g/mol. The molecule has 0 heterocycles. The van der Waals surface area contributed by atoms with Gasteiger partial charge in [0.1, 0.15) is 0 Å². The molecule has 0 spiro atoms. The number of amides is 2. The van der Waals surface area contributed by atoms with Crippen molar-refractivity contribution in [1.29, 1.82) is 0 Å². The number of nitrogens with one attached hydrogen (secondary N) is 1.